The summed E-state index contributed by atoms with van der Waals surface area (Å²) in [5.41, 5.74) is 8.98. The highest BCUT2D eigenvalue weighted by Crippen LogP contribution is 2.19. The number of nitrogens with zero attached hydrogens (tertiary/aromatic N) is 3. The second-order valence-corrected chi connectivity index (χ2v) is 4.33. The molecule has 0 fully saturated rings. The Morgan fingerprint density at radius 1 is 1.50 bits per heavy atom. The molecule has 0 amide bonds. The molecule has 2 N–H and O–H groups in total. The first-order valence-corrected chi connectivity index (χ1v) is 5.48. The van der Waals surface area contributed by atoms with Crippen LogP contribution in [0.5, 0.6) is 0 Å². The molecular weight excluding hydrogens is 200 g/mol. The van der Waals surface area contributed by atoms with Crippen LogP contribution in [0.25, 0.3) is 5.65 Å². The van der Waals surface area contributed by atoms with E-state index in [1.165, 1.54) is 5.69 Å². The summed E-state index contributed by atoms with van der Waals surface area (Å²) in [7, 11) is 4.05. The molecular formula is C12H18N4. The van der Waals surface area contributed by atoms with Crippen LogP contribution in [-0.2, 0) is 0 Å². The number of nitrogens with two attached hydrogens (primary N) is 1. The SMILES string of the molecule is CC(CN)c1cnc2cc(N(C)C)ccn12. The number of anilines is 1. The maximum absolute atomic E-state index is 5.68. The first-order valence-electron chi connectivity index (χ1n) is 5.48. The predicted octanol–water partition coefficient (Wildman–Crippen LogP) is 1.46. The summed E-state index contributed by atoms with van der Waals surface area (Å²) in [6, 6.07) is 4.16. The fourth-order valence-electron chi connectivity index (χ4n) is 1.75. The summed E-state index contributed by atoms with van der Waals surface area (Å²) in [4.78, 5) is 6.48. The molecule has 0 saturated carbocycles. The van der Waals surface area contributed by atoms with Gasteiger partial charge in [-0.2, -0.15) is 0 Å². The van der Waals surface area contributed by atoms with E-state index in [9.17, 15) is 0 Å². The molecule has 0 aromatic carbocycles. The van der Waals surface area contributed by atoms with Crippen molar-refractivity contribution < 1.29 is 0 Å². The molecule has 0 aliphatic carbocycles. The van der Waals surface area contributed by atoms with Crippen molar-refractivity contribution in [2.75, 3.05) is 25.5 Å². The van der Waals surface area contributed by atoms with Gasteiger partial charge in [-0.05, 0) is 6.07 Å². The van der Waals surface area contributed by atoms with Gasteiger partial charge in [-0.1, -0.05) is 6.92 Å². The van der Waals surface area contributed by atoms with Gasteiger partial charge in [-0.15, -0.1) is 0 Å². The Bertz CT molecular complexity index is 487. The van der Waals surface area contributed by atoms with Crippen molar-refractivity contribution in [3.8, 4) is 0 Å². The van der Waals surface area contributed by atoms with Gasteiger partial charge in [0.15, 0.2) is 0 Å². The van der Waals surface area contributed by atoms with Crippen molar-refractivity contribution in [3.63, 3.8) is 0 Å². The third-order valence-corrected chi connectivity index (χ3v) is 2.90. The summed E-state index contributed by atoms with van der Waals surface area (Å²) >= 11 is 0. The summed E-state index contributed by atoms with van der Waals surface area (Å²) in [6.45, 7) is 2.76. The topological polar surface area (TPSA) is 46.6 Å². The zero-order chi connectivity index (χ0) is 11.7. The van der Waals surface area contributed by atoms with Crippen LogP contribution in [0.4, 0.5) is 5.69 Å². The Morgan fingerprint density at radius 2 is 2.25 bits per heavy atom. The van der Waals surface area contributed by atoms with Gasteiger partial charge in [-0.3, -0.25) is 0 Å². The molecule has 0 saturated heterocycles. The van der Waals surface area contributed by atoms with Crippen LogP contribution in [0.15, 0.2) is 24.5 Å². The van der Waals surface area contributed by atoms with Crippen LogP contribution < -0.4 is 10.6 Å². The van der Waals surface area contributed by atoms with Crippen LogP contribution in [0.2, 0.25) is 0 Å². The van der Waals surface area contributed by atoms with Crippen molar-refractivity contribution in [2.45, 2.75) is 12.8 Å². The molecule has 0 bridgehead atoms. The Hall–Kier alpha value is -1.55. The molecule has 2 rings (SSSR count). The smallest absolute Gasteiger partial charge is 0.138 e. The number of pyridine rings is 1. The van der Waals surface area contributed by atoms with Crippen molar-refractivity contribution in [2.24, 2.45) is 5.73 Å². The minimum absolute atomic E-state index is 0.334. The van der Waals surface area contributed by atoms with Crippen LogP contribution >= 0.6 is 0 Å². The van der Waals surface area contributed by atoms with Gasteiger partial charge in [0.05, 0.1) is 0 Å². The molecule has 16 heavy (non-hydrogen) atoms. The van der Waals surface area contributed by atoms with E-state index in [2.05, 4.69) is 39.5 Å². The van der Waals surface area contributed by atoms with Crippen LogP contribution in [0, 0.1) is 0 Å². The molecule has 0 spiro atoms. The molecule has 1 unspecified atom stereocenters. The van der Waals surface area contributed by atoms with E-state index in [1.807, 2.05) is 20.3 Å². The highest BCUT2D eigenvalue weighted by molar-refractivity contribution is 5.56. The van der Waals surface area contributed by atoms with E-state index < -0.39 is 0 Å². The van der Waals surface area contributed by atoms with E-state index in [1.54, 1.807) is 0 Å². The first kappa shape index (κ1) is 11.0. The Labute approximate surface area is 95.7 Å². The van der Waals surface area contributed by atoms with Crippen LogP contribution in [0.1, 0.15) is 18.5 Å². The summed E-state index contributed by atoms with van der Waals surface area (Å²) in [6.07, 6.45) is 3.96. The lowest BCUT2D eigenvalue weighted by molar-refractivity contribution is 0.736. The molecule has 1 atom stereocenters. The fraction of sp³-hybridized carbons (Fsp3) is 0.417. The van der Waals surface area contributed by atoms with Crippen molar-refractivity contribution in [1.29, 1.82) is 0 Å². The normalized spacial score (nSPS) is 13.0. The zero-order valence-corrected chi connectivity index (χ0v) is 10.0. The van der Waals surface area contributed by atoms with Crippen molar-refractivity contribution in [1.82, 2.24) is 9.38 Å². The van der Waals surface area contributed by atoms with E-state index in [0.29, 0.717) is 12.5 Å². The van der Waals surface area contributed by atoms with E-state index in [4.69, 9.17) is 5.73 Å². The van der Waals surface area contributed by atoms with Gasteiger partial charge < -0.3 is 15.0 Å². The Morgan fingerprint density at radius 3 is 2.88 bits per heavy atom. The lowest BCUT2D eigenvalue weighted by atomic mass is 10.1. The van der Waals surface area contributed by atoms with Crippen molar-refractivity contribution >= 4 is 11.3 Å². The number of fused-ring (bicyclic) bond motifs is 1. The summed E-state index contributed by atoms with van der Waals surface area (Å²) < 4.78 is 2.10. The van der Waals surface area contributed by atoms with Crippen LogP contribution in [-0.4, -0.2) is 30.0 Å². The first-order chi connectivity index (χ1) is 7.63. The standard InChI is InChI=1S/C12H18N4/c1-9(7-13)11-8-14-12-6-10(15(2)3)4-5-16(11)12/h4-6,8-9H,7,13H2,1-3H3. The monoisotopic (exact) mass is 218 g/mol. The largest absolute Gasteiger partial charge is 0.378 e. The maximum Gasteiger partial charge on any atom is 0.138 e. The average molecular weight is 218 g/mol. The number of aromatic nitrogens is 2. The molecule has 4 nitrogen and oxygen atoms in total. The molecule has 0 aliphatic rings. The van der Waals surface area contributed by atoms with E-state index >= 15 is 0 Å². The third kappa shape index (κ3) is 1.76. The molecule has 0 radical (unpaired) electrons. The lowest BCUT2D eigenvalue weighted by Gasteiger charge is -2.13. The second kappa shape index (κ2) is 4.14. The fourth-order valence-corrected chi connectivity index (χ4v) is 1.75. The van der Waals surface area contributed by atoms with Crippen LogP contribution in [0.3, 0.4) is 0 Å². The van der Waals surface area contributed by atoms with Gasteiger partial charge in [0, 0.05) is 56.4 Å². The molecule has 2 aromatic heterocycles. The van der Waals surface area contributed by atoms with E-state index in [0.717, 1.165) is 11.3 Å². The molecule has 2 aromatic rings. The highest BCUT2D eigenvalue weighted by Gasteiger charge is 2.10. The summed E-state index contributed by atoms with van der Waals surface area (Å²) in [5.74, 6) is 0.334. The quantitative estimate of drug-likeness (QED) is 0.848. The third-order valence-electron chi connectivity index (χ3n) is 2.90. The zero-order valence-electron chi connectivity index (χ0n) is 10.0. The Kier molecular flexibility index (Phi) is 2.83. The van der Waals surface area contributed by atoms with Gasteiger partial charge in [0.1, 0.15) is 5.65 Å². The van der Waals surface area contributed by atoms with Gasteiger partial charge in [0.25, 0.3) is 0 Å². The molecule has 0 aliphatic heterocycles. The molecule has 4 heteroatoms. The van der Waals surface area contributed by atoms with Gasteiger partial charge in [0.2, 0.25) is 0 Å². The molecule has 86 valence electrons. The minimum Gasteiger partial charge on any atom is -0.378 e. The Balaban J connectivity index is 2.50. The predicted molar refractivity (Wildman–Crippen MR) is 67.0 cm³/mol. The number of imidazole rings is 1. The van der Waals surface area contributed by atoms with Gasteiger partial charge in [-0.25, -0.2) is 4.98 Å². The number of rotatable bonds is 3. The minimum atomic E-state index is 0.334. The van der Waals surface area contributed by atoms with Crippen molar-refractivity contribution in [3.05, 3.63) is 30.2 Å². The maximum atomic E-state index is 5.68. The summed E-state index contributed by atoms with van der Waals surface area (Å²) in [5, 5.41) is 0. The second-order valence-electron chi connectivity index (χ2n) is 4.33. The van der Waals surface area contributed by atoms with Gasteiger partial charge >= 0.3 is 0 Å². The van der Waals surface area contributed by atoms with E-state index in [-0.39, 0.29) is 0 Å². The molecule has 2 heterocycles. The number of hydrogen-bond acceptors (Lipinski definition) is 3. The number of hydrogen-bond donors (Lipinski definition) is 1. The lowest BCUT2D eigenvalue weighted by Crippen LogP contribution is -2.11. The average Bonchev–Trinajstić information content (AvgIpc) is 2.70. The highest BCUT2D eigenvalue weighted by atomic mass is 15.1.